The van der Waals surface area contributed by atoms with Gasteiger partial charge in [-0.3, -0.25) is 24.0 Å². The molecule has 0 fully saturated rings. The molecule has 11 heteroatoms. The smallest absolute Gasteiger partial charge is 0.303 e. The lowest BCUT2D eigenvalue weighted by Crippen LogP contribution is -2.68. The molecular formula is C18H34N5O6+. The first kappa shape index (κ1) is 26.3. The number of quaternary nitrogens is 1. The molecule has 166 valence electrons. The van der Waals surface area contributed by atoms with Gasteiger partial charge in [-0.2, -0.15) is 0 Å². The fourth-order valence-corrected chi connectivity index (χ4v) is 2.53. The molecule has 0 radical (unpaired) electrons. The summed E-state index contributed by atoms with van der Waals surface area (Å²) in [5.74, 6) is -2.64. The Bertz CT molecular complexity index is 581. The van der Waals surface area contributed by atoms with E-state index in [-0.39, 0.29) is 37.6 Å². The van der Waals surface area contributed by atoms with Gasteiger partial charge in [0.2, 0.25) is 17.7 Å². The molecule has 29 heavy (non-hydrogen) atoms. The van der Waals surface area contributed by atoms with Crippen molar-refractivity contribution in [3.8, 4) is 0 Å². The third-order valence-electron chi connectivity index (χ3n) is 4.04. The van der Waals surface area contributed by atoms with Crippen LogP contribution in [-0.4, -0.2) is 59.9 Å². The van der Waals surface area contributed by atoms with Crippen LogP contribution in [0.4, 0.5) is 0 Å². The van der Waals surface area contributed by atoms with E-state index in [2.05, 4.69) is 21.7 Å². The highest BCUT2D eigenvalue weighted by Crippen LogP contribution is 2.02. The molecule has 0 heterocycles. The van der Waals surface area contributed by atoms with Crippen LogP contribution in [0.25, 0.3) is 0 Å². The largest absolute Gasteiger partial charge is 0.481 e. The molecule has 0 saturated carbocycles. The Kier molecular flexibility index (Phi) is 13.0. The molecule has 0 saturated heterocycles. The van der Waals surface area contributed by atoms with Crippen LogP contribution >= 0.6 is 0 Å². The number of primary amides is 1. The third kappa shape index (κ3) is 14.0. The summed E-state index contributed by atoms with van der Waals surface area (Å²) in [6.07, 6.45) is 1.61. The lowest BCUT2D eigenvalue weighted by Gasteiger charge is -2.16. The molecule has 0 aliphatic carbocycles. The summed E-state index contributed by atoms with van der Waals surface area (Å²) in [5, 5.41) is 16.1. The molecule has 9 N–H and O–H groups in total. The van der Waals surface area contributed by atoms with Gasteiger partial charge in [0.05, 0.1) is 13.0 Å². The van der Waals surface area contributed by atoms with E-state index in [1.807, 2.05) is 13.8 Å². The fourth-order valence-electron chi connectivity index (χ4n) is 2.53. The highest BCUT2D eigenvalue weighted by molar-refractivity contribution is 5.90. The first-order valence-corrected chi connectivity index (χ1v) is 9.70. The van der Waals surface area contributed by atoms with Crippen LogP contribution in [-0.2, 0) is 24.0 Å². The predicted molar refractivity (Wildman–Crippen MR) is 104 cm³/mol. The highest BCUT2D eigenvalue weighted by Gasteiger charge is 2.21. The molecule has 0 rings (SSSR count). The first-order valence-electron chi connectivity index (χ1n) is 9.70. The summed E-state index contributed by atoms with van der Waals surface area (Å²) in [6, 6.07) is -1.34. The Hall–Kier alpha value is -2.69. The Labute approximate surface area is 170 Å². The van der Waals surface area contributed by atoms with Gasteiger partial charge in [0.1, 0.15) is 6.04 Å². The standard InChI is InChI=1S/C18H33N5O6/c1-11(2)9-12(19)18(29)22-10-15(25)23-13(17(20)28)5-3-4-8-21-14(24)6-7-16(26)27/h11-13H,3-10,19H2,1-2H3,(H2,20,28)(H,21,24)(H,22,29)(H,23,25)(H,26,27)/p+1/t12-,13-/m0/s1. The van der Waals surface area contributed by atoms with E-state index < -0.39 is 29.9 Å². The van der Waals surface area contributed by atoms with Gasteiger partial charge in [0, 0.05) is 19.4 Å². The average Bonchev–Trinajstić information content (AvgIpc) is 2.62. The van der Waals surface area contributed by atoms with Crippen molar-refractivity contribution >= 4 is 29.6 Å². The second kappa shape index (κ2) is 14.3. The van der Waals surface area contributed by atoms with E-state index in [0.29, 0.717) is 31.7 Å². The van der Waals surface area contributed by atoms with Gasteiger partial charge in [0.25, 0.3) is 5.91 Å². The molecular weight excluding hydrogens is 382 g/mol. The number of hydrogen-bond donors (Lipinski definition) is 6. The number of amides is 4. The molecule has 0 aromatic heterocycles. The van der Waals surface area contributed by atoms with Gasteiger partial charge in [-0.05, 0) is 25.2 Å². The zero-order chi connectivity index (χ0) is 22.4. The molecule has 0 bridgehead atoms. The number of rotatable bonds is 15. The number of nitrogens with two attached hydrogens (primary N) is 1. The number of carboxylic acid groups (broad SMARTS) is 1. The van der Waals surface area contributed by atoms with E-state index in [9.17, 15) is 24.0 Å². The second-order valence-corrected chi connectivity index (χ2v) is 7.31. The Morgan fingerprint density at radius 1 is 1.00 bits per heavy atom. The highest BCUT2D eigenvalue weighted by atomic mass is 16.4. The molecule has 0 unspecified atom stereocenters. The summed E-state index contributed by atoms with van der Waals surface area (Å²) >= 11 is 0. The molecule has 0 aromatic rings. The van der Waals surface area contributed by atoms with Crippen LogP contribution in [0.3, 0.4) is 0 Å². The van der Waals surface area contributed by atoms with Crippen molar-refractivity contribution in [3.05, 3.63) is 0 Å². The fraction of sp³-hybridized carbons (Fsp3) is 0.722. The minimum atomic E-state index is -1.04. The van der Waals surface area contributed by atoms with E-state index >= 15 is 0 Å². The van der Waals surface area contributed by atoms with Crippen molar-refractivity contribution in [1.82, 2.24) is 16.0 Å². The van der Waals surface area contributed by atoms with E-state index in [4.69, 9.17) is 10.8 Å². The lowest BCUT2D eigenvalue weighted by molar-refractivity contribution is -0.406. The number of aliphatic carboxylic acids is 1. The monoisotopic (exact) mass is 416 g/mol. The van der Waals surface area contributed by atoms with Gasteiger partial charge >= 0.3 is 5.97 Å². The quantitative estimate of drug-likeness (QED) is 0.165. The van der Waals surface area contributed by atoms with Gasteiger partial charge in [-0.25, -0.2) is 0 Å². The Balaban J connectivity index is 4.14. The summed E-state index contributed by atoms with van der Waals surface area (Å²) in [7, 11) is 0. The minimum absolute atomic E-state index is 0.0909. The number of carboxylic acids is 1. The van der Waals surface area contributed by atoms with Crippen molar-refractivity contribution < 1.29 is 34.8 Å². The normalized spacial score (nSPS) is 12.7. The van der Waals surface area contributed by atoms with E-state index in [0.717, 1.165) is 0 Å². The third-order valence-corrected chi connectivity index (χ3v) is 4.04. The number of carbonyl (C=O) groups is 5. The first-order chi connectivity index (χ1) is 13.5. The second-order valence-electron chi connectivity index (χ2n) is 7.31. The Morgan fingerprint density at radius 2 is 1.66 bits per heavy atom. The van der Waals surface area contributed by atoms with Gasteiger partial charge in [0.15, 0.2) is 6.04 Å². The molecule has 0 aliphatic rings. The number of unbranched alkanes of at least 4 members (excludes halogenated alkanes) is 1. The summed E-state index contributed by atoms with van der Waals surface area (Å²) in [4.78, 5) is 57.1. The van der Waals surface area contributed by atoms with Crippen molar-refractivity contribution in [3.63, 3.8) is 0 Å². The minimum Gasteiger partial charge on any atom is -0.481 e. The van der Waals surface area contributed by atoms with Crippen LogP contribution in [0.5, 0.6) is 0 Å². The van der Waals surface area contributed by atoms with Crippen LogP contribution in [0.2, 0.25) is 0 Å². The van der Waals surface area contributed by atoms with Crippen LogP contribution in [0.15, 0.2) is 0 Å². The van der Waals surface area contributed by atoms with Crippen LogP contribution < -0.4 is 27.4 Å². The van der Waals surface area contributed by atoms with E-state index in [1.54, 1.807) is 0 Å². The SMILES string of the molecule is CC(C)C[C@H]([NH3+])C(=O)NCC(=O)N[C@@H](CCCCNC(=O)CCC(=O)O)C(N)=O. The van der Waals surface area contributed by atoms with Crippen molar-refractivity contribution in [2.45, 2.75) is 64.5 Å². The Morgan fingerprint density at radius 3 is 2.21 bits per heavy atom. The average molecular weight is 416 g/mol. The molecule has 2 atom stereocenters. The molecule has 0 aromatic carbocycles. The van der Waals surface area contributed by atoms with Gasteiger partial charge in [-0.1, -0.05) is 13.8 Å². The zero-order valence-electron chi connectivity index (χ0n) is 17.2. The molecule has 4 amide bonds. The lowest BCUT2D eigenvalue weighted by atomic mass is 10.0. The predicted octanol–water partition coefficient (Wildman–Crippen LogP) is -2.12. The van der Waals surface area contributed by atoms with Gasteiger partial charge in [-0.15, -0.1) is 0 Å². The number of carbonyl (C=O) groups excluding carboxylic acids is 4. The van der Waals surface area contributed by atoms with Crippen molar-refractivity contribution in [1.29, 1.82) is 0 Å². The summed E-state index contributed by atoms with van der Waals surface area (Å²) < 4.78 is 0. The maximum Gasteiger partial charge on any atom is 0.303 e. The number of nitrogens with one attached hydrogen (secondary N) is 3. The maximum absolute atomic E-state index is 12.0. The van der Waals surface area contributed by atoms with E-state index in [1.165, 1.54) is 0 Å². The van der Waals surface area contributed by atoms with Crippen molar-refractivity contribution in [2.24, 2.45) is 11.7 Å². The zero-order valence-corrected chi connectivity index (χ0v) is 17.2. The summed E-state index contributed by atoms with van der Waals surface area (Å²) in [5.41, 5.74) is 9.06. The maximum atomic E-state index is 12.0. The molecule has 11 nitrogen and oxygen atoms in total. The van der Waals surface area contributed by atoms with Crippen LogP contribution in [0, 0.1) is 5.92 Å². The van der Waals surface area contributed by atoms with Gasteiger partial charge < -0.3 is 32.5 Å². The summed E-state index contributed by atoms with van der Waals surface area (Å²) in [6.45, 7) is 4.00. The van der Waals surface area contributed by atoms with Crippen molar-refractivity contribution in [2.75, 3.05) is 13.1 Å². The molecule has 0 aliphatic heterocycles. The van der Waals surface area contributed by atoms with Crippen LogP contribution in [0.1, 0.15) is 52.4 Å². The number of hydrogen-bond acceptors (Lipinski definition) is 5. The topological polar surface area (TPSA) is 195 Å². The molecule has 0 spiro atoms.